The Hall–Kier alpha value is -2.76. The minimum atomic E-state index is -0.899. The van der Waals surface area contributed by atoms with Gasteiger partial charge in [0.15, 0.2) is 0 Å². The maximum Gasteiger partial charge on any atom is 0.254 e. The maximum atomic E-state index is 13.6. The van der Waals surface area contributed by atoms with Gasteiger partial charge in [-0.15, -0.1) is 0 Å². The second kappa shape index (κ2) is 8.95. The Morgan fingerprint density at radius 3 is 2.75 bits per heavy atom. The van der Waals surface area contributed by atoms with Gasteiger partial charge in [-0.05, 0) is 48.9 Å². The van der Waals surface area contributed by atoms with E-state index in [1.807, 2.05) is 19.2 Å². The molecule has 6 heteroatoms. The number of nitrogens with zero attached hydrogens (tertiary/aromatic N) is 1. The molecule has 0 aromatic heterocycles. The minimum absolute atomic E-state index is 0.0175. The third-order valence-corrected chi connectivity index (χ3v) is 5.23. The lowest BCUT2D eigenvalue weighted by molar-refractivity contribution is -0.132. The lowest BCUT2D eigenvalue weighted by atomic mass is 9.87. The third-order valence-electron chi connectivity index (χ3n) is 5.23. The minimum Gasteiger partial charge on any atom is -0.352 e. The highest BCUT2D eigenvalue weighted by Crippen LogP contribution is 2.33. The first-order valence-electron chi connectivity index (χ1n) is 9.54. The van der Waals surface area contributed by atoms with Crippen LogP contribution in [0, 0.1) is 11.6 Å². The molecule has 0 radical (unpaired) electrons. The van der Waals surface area contributed by atoms with Crippen molar-refractivity contribution in [3.8, 4) is 0 Å². The highest BCUT2D eigenvalue weighted by molar-refractivity contribution is 5.94. The molecule has 4 nitrogen and oxygen atoms in total. The van der Waals surface area contributed by atoms with Crippen molar-refractivity contribution in [2.24, 2.45) is 0 Å². The summed E-state index contributed by atoms with van der Waals surface area (Å²) in [5.74, 6) is -2.22. The standard InChI is InChI=1S/C22H24F2N2O2/c1-26(20-9-4-7-15-6-2-3-8-17(15)20)21(27)10-5-13-25-22(28)18-12-11-16(23)14-19(18)24/h2-3,6,8,11-12,14,20H,4-5,7,9-10,13H2,1H3,(H,25,28). The monoisotopic (exact) mass is 386 g/mol. The molecular formula is C22H24F2N2O2. The third kappa shape index (κ3) is 4.55. The largest absolute Gasteiger partial charge is 0.352 e. The Bertz CT molecular complexity index is 869. The Morgan fingerprint density at radius 2 is 1.96 bits per heavy atom. The van der Waals surface area contributed by atoms with Crippen molar-refractivity contribution in [3.05, 3.63) is 70.8 Å². The van der Waals surface area contributed by atoms with Gasteiger partial charge in [0.25, 0.3) is 5.91 Å². The zero-order valence-electron chi connectivity index (χ0n) is 15.9. The fraction of sp³-hybridized carbons (Fsp3) is 0.364. The Kier molecular flexibility index (Phi) is 6.39. The van der Waals surface area contributed by atoms with E-state index in [-0.39, 0.29) is 24.1 Å². The SMILES string of the molecule is CN(C(=O)CCCNC(=O)c1ccc(F)cc1F)C1CCCc2ccccc21. The molecule has 148 valence electrons. The number of benzene rings is 2. The first kappa shape index (κ1) is 20.0. The van der Waals surface area contributed by atoms with E-state index < -0.39 is 17.5 Å². The van der Waals surface area contributed by atoms with Crippen LogP contribution in [0.25, 0.3) is 0 Å². The number of hydrogen-bond donors (Lipinski definition) is 1. The Morgan fingerprint density at radius 1 is 1.18 bits per heavy atom. The molecule has 1 atom stereocenters. The first-order valence-corrected chi connectivity index (χ1v) is 9.54. The topological polar surface area (TPSA) is 49.4 Å². The van der Waals surface area contributed by atoms with Crippen LogP contribution in [0.15, 0.2) is 42.5 Å². The Balaban J connectivity index is 1.49. The number of halogens is 2. The van der Waals surface area contributed by atoms with Crippen molar-refractivity contribution in [1.82, 2.24) is 10.2 Å². The fourth-order valence-electron chi connectivity index (χ4n) is 3.69. The molecule has 0 heterocycles. The van der Waals surface area contributed by atoms with Gasteiger partial charge in [-0.3, -0.25) is 9.59 Å². The normalized spacial score (nSPS) is 15.6. The van der Waals surface area contributed by atoms with Crippen molar-refractivity contribution >= 4 is 11.8 Å². The smallest absolute Gasteiger partial charge is 0.254 e. The number of amides is 2. The van der Waals surface area contributed by atoms with Crippen LogP contribution >= 0.6 is 0 Å². The van der Waals surface area contributed by atoms with E-state index in [1.54, 1.807) is 4.90 Å². The second-order valence-electron chi connectivity index (χ2n) is 7.10. The molecule has 1 aliphatic carbocycles. The molecule has 3 rings (SSSR count). The average molecular weight is 386 g/mol. The van der Waals surface area contributed by atoms with Gasteiger partial charge in [0.2, 0.25) is 5.91 Å². The summed E-state index contributed by atoms with van der Waals surface area (Å²) in [6, 6.07) is 11.1. The summed E-state index contributed by atoms with van der Waals surface area (Å²) in [5, 5.41) is 2.58. The van der Waals surface area contributed by atoms with Crippen LogP contribution in [0.4, 0.5) is 8.78 Å². The predicted molar refractivity (Wildman–Crippen MR) is 103 cm³/mol. The summed E-state index contributed by atoms with van der Waals surface area (Å²) in [6.45, 7) is 0.247. The van der Waals surface area contributed by atoms with Crippen LogP contribution in [0.5, 0.6) is 0 Å². The second-order valence-corrected chi connectivity index (χ2v) is 7.10. The molecule has 0 spiro atoms. The van der Waals surface area contributed by atoms with Gasteiger partial charge < -0.3 is 10.2 Å². The molecular weight excluding hydrogens is 362 g/mol. The molecule has 0 fully saturated rings. The van der Waals surface area contributed by atoms with Crippen molar-refractivity contribution in [1.29, 1.82) is 0 Å². The van der Waals surface area contributed by atoms with E-state index in [4.69, 9.17) is 0 Å². The quantitative estimate of drug-likeness (QED) is 0.763. The van der Waals surface area contributed by atoms with Crippen LogP contribution in [-0.4, -0.2) is 30.3 Å². The van der Waals surface area contributed by atoms with Crippen LogP contribution in [-0.2, 0) is 11.2 Å². The van der Waals surface area contributed by atoms with Gasteiger partial charge >= 0.3 is 0 Å². The predicted octanol–water partition coefficient (Wildman–Crippen LogP) is 4.01. The van der Waals surface area contributed by atoms with Gasteiger partial charge in [0.05, 0.1) is 11.6 Å². The maximum absolute atomic E-state index is 13.6. The highest BCUT2D eigenvalue weighted by Gasteiger charge is 2.26. The molecule has 1 aliphatic rings. The lowest BCUT2D eigenvalue weighted by Crippen LogP contribution is -2.34. The number of carbonyl (C=O) groups is 2. The number of nitrogens with one attached hydrogen (secondary N) is 1. The zero-order valence-corrected chi connectivity index (χ0v) is 15.9. The molecule has 0 bridgehead atoms. The number of carbonyl (C=O) groups excluding carboxylic acids is 2. The lowest BCUT2D eigenvalue weighted by Gasteiger charge is -2.33. The van der Waals surface area contributed by atoms with Gasteiger partial charge in [-0.1, -0.05) is 24.3 Å². The average Bonchev–Trinajstić information content (AvgIpc) is 2.69. The van der Waals surface area contributed by atoms with Crippen LogP contribution < -0.4 is 5.32 Å². The van der Waals surface area contributed by atoms with Gasteiger partial charge in [-0.25, -0.2) is 8.78 Å². The van der Waals surface area contributed by atoms with Crippen molar-refractivity contribution in [3.63, 3.8) is 0 Å². The van der Waals surface area contributed by atoms with Gasteiger partial charge in [0, 0.05) is 26.1 Å². The highest BCUT2D eigenvalue weighted by atomic mass is 19.1. The van der Waals surface area contributed by atoms with E-state index >= 15 is 0 Å². The van der Waals surface area contributed by atoms with Gasteiger partial charge in [0.1, 0.15) is 11.6 Å². The zero-order chi connectivity index (χ0) is 20.1. The summed E-state index contributed by atoms with van der Waals surface area (Å²) < 4.78 is 26.5. The molecule has 0 saturated heterocycles. The molecule has 0 saturated carbocycles. The number of fused-ring (bicyclic) bond motifs is 1. The Labute approximate surface area is 163 Å². The van der Waals surface area contributed by atoms with E-state index in [0.717, 1.165) is 31.4 Å². The van der Waals surface area contributed by atoms with E-state index in [1.165, 1.54) is 11.1 Å². The molecule has 2 aromatic carbocycles. The van der Waals surface area contributed by atoms with Crippen molar-refractivity contribution in [2.45, 2.75) is 38.1 Å². The summed E-state index contributed by atoms with van der Waals surface area (Å²) in [6.07, 6.45) is 3.78. The van der Waals surface area contributed by atoms with Crippen LogP contribution in [0.2, 0.25) is 0 Å². The molecule has 1 unspecified atom stereocenters. The summed E-state index contributed by atoms with van der Waals surface area (Å²) in [4.78, 5) is 26.3. The van der Waals surface area contributed by atoms with Gasteiger partial charge in [-0.2, -0.15) is 0 Å². The molecule has 1 N–H and O–H groups in total. The summed E-state index contributed by atoms with van der Waals surface area (Å²) in [5.41, 5.74) is 2.31. The van der Waals surface area contributed by atoms with E-state index in [9.17, 15) is 18.4 Å². The molecule has 28 heavy (non-hydrogen) atoms. The molecule has 0 aliphatic heterocycles. The van der Waals surface area contributed by atoms with E-state index in [0.29, 0.717) is 18.9 Å². The molecule has 2 amide bonds. The van der Waals surface area contributed by atoms with Crippen molar-refractivity contribution < 1.29 is 18.4 Å². The van der Waals surface area contributed by atoms with Crippen LogP contribution in [0.3, 0.4) is 0 Å². The summed E-state index contributed by atoms with van der Waals surface area (Å²) in [7, 11) is 1.82. The van der Waals surface area contributed by atoms with Crippen molar-refractivity contribution in [2.75, 3.05) is 13.6 Å². The summed E-state index contributed by atoms with van der Waals surface area (Å²) >= 11 is 0. The fourth-order valence-corrected chi connectivity index (χ4v) is 3.69. The van der Waals surface area contributed by atoms with E-state index in [2.05, 4.69) is 17.4 Å². The number of aryl methyl sites for hydroxylation is 1. The van der Waals surface area contributed by atoms with Crippen LogP contribution in [0.1, 0.15) is 53.2 Å². The number of rotatable bonds is 6. The number of hydrogen-bond acceptors (Lipinski definition) is 2. The molecule has 2 aromatic rings. The first-order chi connectivity index (χ1) is 13.5.